The Morgan fingerprint density at radius 2 is 1.78 bits per heavy atom. The Bertz CT molecular complexity index is 777. The van der Waals surface area contributed by atoms with E-state index in [0.29, 0.717) is 23.3 Å². The second kappa shape index (κ2) is 8.09. The Morgan fingerprint density at radius 3 is 2.37 bits per heavy atom. The maximum Gasteiger partial charge on any atom is 0.420 e. The number of aliphatic hydroxyl groups is 1. The molecule has 3 rings (SSSR count). The largest absolute Gasteiger partial charge is 0.490 e. The lowest BCUT2D eigenvalue weighted by Gasteiger charge is -2.29. The van der Waals surface area contributed by atoms with Crippen LogP contribution in [-0.2, 0) is 6.18 Å². The van der Waals surface area contributed by atoms with Gasteiger partial charge in [-0.25, -0.2) is 0 Å². The fourth-order valence-corrected chi connectivity index (χ4v) is 4.00. The van der Waals surface area contributed by atoms with E-state index >= 15 is 0 Å². The van der Waals surface area contributed by atoms with Crippen LogP contribution in [0.1, 0.15) is 69.6 Å². The van der Waals surface area contributed by atoms with Gasteiger partial charge >= 0.3 is 6.18 Å². The van der Waals surface area contributed by atoms with Crippen molar-refractivity contribution in [2.75, 3.05) is 0 Å². The van der Waals surface area contributed by atoms with Crippen LogP contribution in [0.25, 0.3) is 10.8 Å². The van der Waals surface area contributed by atoms with Gasteiger partial charge in [0.05, 0.1) is 12.2 Å². The topological polar surface area (TPSA) is 29.5 Å². The number of rotatable bonds is 5. The van der Waals surface area contributed by atoms with Gasteiger partial charge in [0.2, 0.25) is 0 Å². The van der Waals surface area contributed by atoms with Gasteiger partial charge in [-0.15, -0.1) is 0 Å². The minimum atomic E-state index is -4.50. The second-order valence-electron chi connectivity index (χ2n) is 7.51. The quantitative estimate of drug-likeness (QED) is 0.629. The Balaban J connectivity index is 1.95. The van der Waals surface area contributed by atoms with E-state index in [1.54, 1.807) is 18.2 Å². The number of benzene rings is 2. The highest BCUT2D eigenvalue weighted by molar-refractivity contribution is 5.89. The first-order chi connectivity index (χ1) is 12.8. The predicted octanol–water partition coefficient (Wildman–Crippen LogP) is 6.65. The molecule has 0 spiro atoms. The van der Waals surface area contributed by atoms with Crippen LogP contribution in [0.4, 0.5) is 13.2 Å². The van der Waals surface area contributed by atoms with Crippen molar-refractivity contribution in [1.82, 2.24) is 0 Å². The molecule has 0 bridgehead atoms. The molecular weight excluding hydrogens is 353 g/mol. The lowest BCUT2D eigenvalue weighted by atomic mass is 9.86. The van der Waals surface area contributed by atoms with Crippen molar-refractivity contribution in [3.05, 3.63) is 41.5 Å². The van der Waals surface area contributed by atoms with Gasteiger partial charge in [0.15, 0.2) is 0 Å². The summed E-state index contributed by atoms with van der Waals surface area (Å²) in [5.41, 5.74) is -0.0835. The third-order valence-corrected chi connectivity index (χ3v) is 5.73. The van der Waals surface area contributed by atoms with Crippen molar-refractivity contribution in [1.29, 1.82) is 0 Å². The molecule has 0 aliphatic heterocycles. The van der Waals surface area contributed by atoms with E-state index in [2.05, 4.69) is 6.92 Å². The van der Waals surface area contributed by atoms with Crippen LogP contribution < -0.4 is 4.74 Å². The Morgan fingerprint density at radius 1 is 1.07 bits per heavy atom. The van der Waals surface area contributed by atoms with Gasteiger partial charge in [-0.3, -0.25) is 0 Å². The predicted molar refractivity (Wildman–Crippen MR) is 101 cm³/mol. The number of halogens is 3. The van der Waals surface area contributed by atoms with Crippen LogP contribution in [-0.4, -0.2) is 11.2 Å². The Hall–Kier alpha value is -1.75. The molecule has 1 saturated carbocycles. The molecule has 1 aliphatic rings. The molecule has 1 N–H and O–H groups in total. The van der Waals surface area contributed by atoms with Crippen LogP contribution in [0.5, 0.6) is 5.75 Å². The molecule has 2 aromatic rings. The van der Waals surface area contributed by atoms with Crippen molar-refractivity contribution >= 4 is 10.8 Å². The molecule has 0 amide bonds. The van der Waals surface area contributed by atoms with Gasteiger partial charge in [-0.05, 0) is 66.5 Å². The molecule has 2 nitrogen and oxygen atoms in total. The average molecular weight is 380 g/mol. The summed E-state index contributed by atoms with van der Waals surface area (Å²) in [6.07, 6.45) is -0.0867. The monoisotopic (exact) mass is 380 g/mol. The Labute approximate surface area is 158 Å². The van der Waals surface area contributed by atoms with Crippen LogP contribution in [0.3, 0.4) is 0 Å². The number of fused-ring (bicyclic) bond motifs is 1. The molecule has 0 radical (unpaired) electrons. The molecule has 1 unspecified atom stereocenters. The van der Waals surface area contributed by atoms with Gasteiger partial charge in [0, 0.05) is 0 Å². The highest BCUT2D eigenvalue weighted by Crippen LogP contribution is 2.43. The van der Waals surface area contributed by atoms with E-state index in [1.807, 2.05) is 6.92 Å². The molecule has 1 atom stereocenters. The number of hydrogen-bond donors (Lipinski definition) is 1. The summed E-state index contributed by atoms with van der Waals surface area (Å²) in [5.74, 6) is 0.575. The summed E-state index contributed by atoms with van der Waals surface area (Å²) in [7, 11) is 0. The van der Waals surface area contributed by atoms with E-state index in [4.69, 9.17) is 4.74 Å². The third-order valence-electron chi connectivity index (χ3n) is 5.73. The molecule has 5 heteroatoms. The molecule has 148 valence electrons. The molecular formula is C22H27F3O2. The van der Waals surface area contributed by atoms with Crippen LogP contribution in [0.2, 0.25) is 0 Å². The third kappa shape index (κ3) is 4.40. The minimum Gasteiger partial charge on any atom is -0.490 e. The van der Waals surface area contributed by atoms with Crippen molar-refractivity contribution in [3.63, 3.8) is 0 Å². The van der Waals surface area contributed by atoms with Crippen molar-refractivity contribution in [3.8, 4) is 5.75 Å². The first kappa shape index (κ1) is 20.0. The molecule has 1 fully saturated rings. The zero-order valence-corrected chi connectivity index (χ0v) is 15.9. The number of ether oxygens (including phenoxy) is 1. The highest BCUT2D eigenvalue weighted by atomic mass is 19.4. The van der Waals surface area contributed by atoms with Crippen LogP contribution in [0.15, 0.2) is 30.3 Å². The molecule has 0 heterocycles. The van der Waals surface area contributed by atoms with E-state index in [9.17, 15) is 18.3 Å². The molecule has 0 aromatic heterocycles. The van der Waals surface area contributed by atoms with Crippen molar-refractivity contribution in [2.45, 2.75) is 70.8 Å². The van der Waals surface area contributed by atoms with E-state index in [0.717, 1.165) is 32.1 Å². The second-order valence-corrected chi connectivity index (χ2v) is 7.51. The SMILES string of the molecule is CCC1CCC(Oc2ccc3cc(C(O)CC)ccc3c2C(F)(F)F)CC1. The first-order valence-electron chi connectivity index (χ1n) is 9.82. The summed E-state index contributed by atoms with van der Waals surface area (Å²) in [6.45, 7) is 3.99. The van der Waals surface area contributed by atoms with Gasteiger partial charge in [0.1, 0.15) is 11.3 Å². The highest BCUT2D eigenvalue weighted by Gasteiger charge is 2.37. The summed E-state index contributed by atoms with van der Waals surface area (Å²) in [5, 5.41) is 10.6. The van der Waals surface area contributed by atoms with Gasteiger partial charge in [0.25, 0.3) is 0 Å². The van der Waals surface area contributed by atoms with Gasteiger partial charge < -0.3 is 9.84 Å². The average Bonchev–Trinajstić information content (AvgIpc) is 2.66. The zero-order chi connectivity index (χ0) is 19.6. The van der Waals surface area contributed by atoms with Gasteiger partial charge in [-0.1, -0.05) is 38.5 Å². The van der Waals surface area contributed by atoms with E-state index in [1.165, 1.54) is 12.1 Å². The van der Waals surface area contributed by atoms with Gasteiger partial charge in [-0.2, -0.15) is 13.2 Å². The Kier molecular flexibility index (Phi) is 5.99. The summed E-state index contributed by atoms with van der Waals surface area (Å²) < 4.78 is 47.4. The van der Waals surface area contributed by atoms with E-state index < -0.39 is 17.8 Å². The standard InChI is InChI=1S/C22H27F3O2/c1-3-14-5-9-17(10-6-14)27-20-12-8-15-13-16(19(26)4-2)7-11-18(15)21(20)22(23,24)25/h7-8,11-14,17,19,26H,3-6,9-10H2,1-2H3. The van der Waals surface area contributed by atoms with Crippen LogP contribution >= 0.6 is 0 Å². The zero-order valence-electron chi connectivity index (χ0n) is 15.9. The molecule has 1 aliphatic carbocycles. The molecule has 27 heavy (non-hydrogen) atoms. The first-order valence-corrected chi connectivity index (χ1v) is 9.82. The van der Waals surface area contributed by atoms with Crippen molar-refractivity contribution < 1.29 is 23.0 Å². The van der Waals surface area contributed by atoms with Crippen LogP contribution in [0, 0.1) is 5.92 Å². The fraction of sp³-hybridized carbons (Fsp3) is 0.545. The smallest absolute Gasteiger partial charge is 0.420 e. The maximum absolute atomic E-state index is 13.8. The maximum atomic E-state index is 13.8. The molecule has 0 saturated heterocycles. The number of alkyl halides is 3. The lowest BCUT2D eigenvalue weighted by molar-refractivity contribution is -0.138. The summed E-state index contributed by atoms with van der Waals surface area (Å²) >= 11 is 0. The number of aliphatic hydroxyl groups excluding tert-OH is 1. The normalized spacial score (nSPS) is 22.0. The van der Waals surface area contributed by atoms with Crippen molar-refractivity contribution in [2.24, 2.45) is 5.92 Å². The van der Waals surface area contributed by atoms with E-state index in [-0.39, 0.29) is 17.2 Å². The summed E-state index contributed by atoms with van der Waals surface area (Å²) in [4.78, 5) is 0. The number of hydrogen-bond acceptors (Lipinski definition) is 2. The molecule has 2 aromatic carbocycles. The fourth-order valence-electron chi connectivity index (χ4n) is 4.00. The minimum absolute atomic E-state index is 0.0845. The summed E-state index contributed by atoms with van der Waals surface area (Å²) in [6, 6.07) is 7.74. The lowest BCUT2D eigenvalue weighted by Crippen LogP contribution is -2.25.